The lowest BCUT2D eigenvalue weighted by Crippen LogP contribution is -2.21. The zero-order valence-corrected chi connectivity index (χ0v) is 9.06. The van der Waals surface area contributed by atoms with Gasteiger partial charge in [0.2, 0.25) is 5.91 Å². The summed E-state index contributed by atoms with van der Waals surface area (Å²) in [6.45, 7) is 2.05. The molecule has 1 rings (SSSR count). The number of nitrogens with one attached hydrogen (secondary N) is 1. The molecule has 0 bridgehead atoms. The monoisotopic (exact) mass is 222 g/mol. The van der Waals surface area contributed by atoms with Gasteiger partial charge in [-0.2, -0.15) is 0 Å². The fraction of sp³-hybridized carbons (Fsp3) is 0.364. The summed E-state index contributed by atoms with van der Waals surface area (Å²) in [7, 11) is 0. The second kappa shape index (κ2) is 5.85. The minimum atomic E-state index is -0.976. The van der Waals surface area contributed by atoms with E-state index in [0.29, 0.717) is 13.0 Å². The van der Waals surface area contributed by atoms with Crippen LogP contribution in [0.4, 0.5) is 0 Å². The largest absolute Gasteiger partial charge is 0.478 e. The third-order valence-corrected chi connectivity index (χ3v) is 2.06. The average Bonchev–Trinajstić information content (AvgIpc) is 2.24. The topological polar surface area (TPSA) is 79.3 Å². The summed E-state index contributed by atoms with van der Waals surface area (Å²) in [6.07, 6.45) is 4.43. The molecule has 0 aliphatic heterocycles. The first-order chi connectivity index (χ1) is 7.59. The Morgan fingerprint density at radius 3 is 2.81 bits per heavy atom. The Balaban J connectivity index is 2.45. The molecule has 0 saturated heterocycles. The Morgan fingerprint density at radius 1 is 1.44 bits per heavy atom. The van der Waals surface area contributed by atoms with Gasteiger partial charge in [0.25, 0.3) is 0 Å². The molecule has 1 aromatic heterocycles. The number of carboxylic acids is 1. The third-order valence-electron chi connectivity index (χ3n) is 2.06. The van der Waals surface area contributed by atoms with Gasteiger partial charge in [0, 0.05) is 25.9 Å². The molecule has 0 unspecified atom stereocenters. The summed E-state index contributed by atoms with van der Waals surface area (Å²) < 4.78 is 0. The van der Waals surface area contributed by atoms with Crippen molar-refractivity contribution in [2.24, 2.45) is 0 Å². The van der Waals surface area contributed by atoms with Crippen LogP contribution in [0.15, 0.2) is 18.5 Å². The molecule has 0 aromatic carbocycles. The maximum absolute atomic E-state index is 10.7. The minimum absolute atomic E-state index is 0.0580. The SMILES string of the molecule is CC(=O)NCCCc1cncc(C(=O)O)c1. The number of hydrogen-bond donors (Lipinski definition) is 2. The fourth-order valence-corrected chi connectivity index (χ4v) is 1.30. The van der Waals surface area contributed by atoms with Crippen molar-refractivity contribution < 1.29 is 14.7 Å². The lowest BCUT2D eigenvalue weighted by Gasteiger charge is -2.03. The summed E-state index contributed by atoms with van der Waals surface area (Å²) in [5.74, 6) is -1.03. The Morgan fingerprint density at radius 2 is 2.19 bits per heavy atom. The van der Waals surface area contributed by atoms with E-state index in [1.165, 1.54) is 13.1 Å². The van der Waals surface area contributed by atoms with E-state index >= 15 is 0 Å². The standard InChI is InChI=1S/C11H14N2O3/c1-8(14)13-4-2-3-9-5-10(11(15)16)7-12-6-9/h5-7H,2-4H2,1H3,(H,13,14)(H,15,16). The molecule has 0 saturated carbocycles. The van der Waals surface area contributed by atoms with E-state index in [-0.39, 0.29) is 11.5 Å². The van der Waals surface area contributed by atoms with E-state index in [9.17, 15) is 9.59 Å². The van der Waals surface area contributed by atoms with Crippen molar-refractivity contribution in [2.75, 3.05) is 6.54 Å². The van der Waals surface area contributed by atoms with E-state index in [1.54, 1.807) is 12.3 Å². The highest BCUT2D eigenvalue weighted by Gasteiger charge is 2.03. The predicted octanol–water partition coefficient (Wildman–Crippen LogP) is 0.848. The highest BCUT2D eigenvalue weighted by Crippen LogP contribution is 2.05. The van der Waals surface area contributed by atoms with Crippen molar-refractivity contribution in [3.63, 3.8) is 0 Å². The van der Waals surface area contributed by atoms with Crippen molar-refractivity contribution in [1.29, 1.82) is 0 Å². The highest BCUT2D eigenvalue weighted by molar-refractivity contribution is 5.87. The van der Waals surface area contributed by atoms with Crippen molar-refractivity contribution in [3.05, 3.63) is 29.6 Å². The van der Waals surface area contributed by atoms with Crippen LogP contribution in [0.5, 0.6) is 0 Å². The molecular formula is C11H14N2O3. The summed E-state index contributed by atoms with van der Waals surface area (Å²) in [5.41, 5.74) is 1.06. The van der Waals surface area contributed by atoms with Gasteiger partial charge in [0.1, 0.15) is 0 Å². The zero-order valence-electron chi connectivity index (χ0n) is 9.06. The van der Waals surface area contributed by atoms with Crippen LogP contribution in [0.1, 0.15) is 29.3 Å². The molecule has 0 aliphatic carbocycles. The Labute approximate surface area is 93.5 Å². The van der Waals surface area contributed by atoms with Gasteiger partial charge in [0.15, 0.2) is 0 Å². The second-order valence-corrected chi connectivity index (χ2v) is 3.47. The van der Waals surface area contributed by atoms with E-state index in [1.807, 2.05) is 0 Å². The van der Waals surface area contributed by atoms with E-state index in [4.69, 9.17) is 5.11 Å². The third kappa shape index (κ3) is 4.08. The van der Waals surface area contributed by atoms with Crippen LogP contribution < -0.4 is 5.32 Å². The van der Waals surface area contributed by atoms with Crippen LogP contribution >= 0.6 is 0 Å². The molecule has 2 N–H and O–H groups in total. The first-order valence-electron chi connectivity index (χ1n) is 5.01. The second-order valence-electron chi connectivity index (χ2n) is 3.47. The number of carbonyl (C=O) groups is 2. The van der Waals surface area contributed by atoms with Gasteiger partial charge in [-0.1, -0.05) is 0 Å². The number of aromatic nitrogens is 1. The van der Waals surface area contributed by atoms with E-state index < -0.39 is 5.97 Å². The first-order valence-corrected chi connectivity index (χ1v) is 5.01. The van der Waals surface area contributed by atoms with Gasteiger partial charge < -0.3 is 10.4 Å². The summed E-state index contributed by atoms with van der Waals surface area (Å²) in [5, 5.41) is 11.4. The Kier molecular flexibility index (Phi) is 4.44. The van der Waals surface area contributed by atoms with E-state index in [2.05, 4.69) is 10.3 Å². The smallest absolute Gasteiger partial charge is 0.337 e. The van der Waals surface area contributed by atoms with Gasteiger partial charge in [-0.05, 0) is 24.5 Å². The molecule has 1 aromatic rings. The lowest BCUT2D eigenvalue weighted by molar-refractivity contribution is -0.118. The van der Waals surface area contributed by atoms with Crippen LogP contribution in [0.25, 0.3) is 0 Å². The van der Waals surface area contributed by atoms with Crippen molar-refractivity contribution in [2.45, 2.75) is 19.8 Å². The number of amides is 1. The maximum atomic E-state index is 10.7. The predicted molar refractivity (Wildman–Crippen MR) is 58.2 cm³/mol. The van der Waals surface area contributed by atoms with Crippen molar-refractivity contribution in [1.82, 2.24) is 10.3 Å². The molecule has 5 nitrogen and oxygen atoms in total. The Bertz CT molecular complexity index is 391. The number of rotatable bonds is 5. The van der Waals surface area contributed by atoms with Crippen LogP contribution in [-0.2, 0) is 11.2 Å². The van der Waals surface area contributed by atoms with Crippen LogP contribution in [-0.4, -0.2) is 28.5 Å². The van der Waals surface area contributed by atoms with Gasteiger partial charge in [-0.25, -0.2) is 4.79 Å². The molecular weight excluding hydrogens is 208 g/mol. The maximum Gasteiger partial charge on any atom is 0.337 e. The molecule has 0 aliphatic rings. The summed E-state index contributed by atoms with van der Waals surface area (Å²) in [6, 6.07) is 1.60. The summed E-state index contributed by atoms with van der Waals surface area (Å²) >= 11 is 0. The van der Waals surface area contributed by atoms with Gasteiger partial charge >= 0.3 is 5.97 Å². The van der Waals surface area contributed by atoms with E-state index in [0.717, 1.165) is 12.0 Å². The van der Waals surface area contributed by atoms with Crippen molar-refractivity contribution >= 4 is 11.9 Å². The van der Waals surface area contributed by atoms with Crippen LogP contribution in [0.3, 0.4) is 0 Å². The molecule has 16 heavy (non-hydrogen) atoms. The van der Waals surface area contributed by atoms with Crippen molar-refractivity contribution in [3.8, 4) is 0 Å². The number of pyridine rings is 1. The van der Waals surface area contributed by atoms with Crippen LogP contribution in [0.2, 0.25) is 0 Å². The highest BCUT2D eigenvalue weighted by atomic mass is 16.4. The molecule has 1 amide bonds. The number of carbonyl (C=O) groups excluding carboxylic acids is 1. The molecule has 0 atom stereocenters. The number of carboxylic acid groups (broad SMARTS) is 1. The number of aryl methyl sites for hydroxylation is 1. The Hall–Kier alpha value is -1.91. The number of aromatic carboxylic acids is 1. The molecule has 5 heteroatoms. The molecule has 0 radical (unpaired) electrons. The summed E-state index contributed by atoms with van der Waals surface area (Å²) in [4.78, 5) is 25.1. The molecule has 0 spiro atoms. The average molecular weight is 222 g/mol. The first kappa shape index (κ1) is 12.2. The molecule has 1 heterocycles. The number of hydrogen-bond acceptors (Lipinski definition) is 3. The minimum Gasteiger partial charge on any atom is -0.478 e. The van der Waals surface area contributed by atoms with Crippen LogP contribution in [0, 0.1) is 0 Å². The molecule has 0 fully saturated rings. The van der Waals surface area contributed by atoms with Gasteiger partial charge in [-0.3, -0.25) is 9.78 Å². The molecule has 86 valence electrons. The zero-order chi connectivity index (χ0) is 12.0. The van der Waals surface area contributed by atoms with Gasteiger partial charge in [0.05, 0.1) is 5.56 Å². The lowest BCUT2D eigenvalue weighted by atomic mass is 10.1. The number of nitrogens with zero attached hydrogens (tertiary/aromatic N) is 1. The fourth-order valence-electron chi connectivity index (χ4n) is 1.30. The normalized spacial score (nSPS) is 9.81. The van der Waals surface area contributed by atoms with Gasteiger partial charge in [-0.15, -0.1) is 0 Å². The quantitative estimate of drug-likeness (QED) is 0.724.